The van der Waals surface area contributed by atoms with Gasteiger partial charge in [-0.15, -0.1) is 0 Å². The van der Waals surface area contributed by atoms with Crippen molar-refractivity contribution in [3.05, 3.63) is 84.7 Å². The van der Waals surface area contributed by atoms with Crippen LogP contribution in [0.25, 0.3) is 11.0 Å². The molecule has 4 rings (SSSR count). The first-order valence-electron chi connectivity index (χ1n) is 8.58. The fourth-order valence-electron chi connectivity index (χ4n) is 2.70. The number of carbonyl (C=O) groups is 1. The van der Waals surface area contributed by atoms with Gasteiger partial charge in [-0.3, -0.25) is 9.97 Å². The van der Waals surface area contributed by atoms with Crippen molar-refractivity contribution in [3.63, 3.8) is 0 Å². The number of benzene rings is 3. The number of ether oxygens (including phenoxy) is 1. The minimum atomic E-state index is -0.645. The highest BCUT2D eigenvalue weighted by atomic mass is 19.1. The Morgan fingerprint density at radius 1 is 0.759 bits per heavy atom. The second-order valence-corrected chi connectivity index (χ2v) is 6.07. The van der Waals surface area contributed by atoms with Crippen LogP contribution in [0.4, 0.5) is 25.0 Å². The lowest BCUT2D eigenvalue weighted by Gasteiger charge is -2.11. The molecule has 0 aliphatic rings. The summed E-state index contributed by atoms with van der Waals surface area (Å²) < 4.78 is 32.9. The number of aromatic nitrogens is 2. The summed E-state index contributed by atoms with van der Waals surface area (Å²) in [4.78, 5) is 20.5. The molecule has 0 unspecified atom stereocenters. The number of hydrogen-bond acceptors (Lipinski definition) is 4. The zero-order chi connectivity index (χ0) is 20.2. The molecule has 0 fully saturated rings. The third-order valence-corrected chi connectivity index (χ3v) is 3.89. The predicted molar refractivity (Wildman–Crippen MR) is 105 cm³/mol. The van der Waals surface area contributed by atoms with Crippen molar-refractivity contribution in [1.82, 2.24) is 9.97 Å². The van der Waals surface area contributed by atoms with E-state index in [2.05, 4.69) is 20.6 Å². The van der Waals surface area contributed by atoms with Crippen LogP contribution in [0.5, 0.6) is 11.5 Å². The van der Waals surface area contributed by atoms with Crippen molar-refractivity contribution in [2.75, 3.05) is 10.6 Å². The van der Waals surface area contributed by atoms with Crippen LogP contribution in [0, 0.1) is 11.6 Å². The number of rotatable bonds is 4. The normalized spacial score (nSPS) is 10.6. The van der Waals surface area contributed by atoms with Gasteiger partial charge in [0.1, 0.15) is 23.1 Å². The third kappa shape index (κ3) is 4.62. The third-order valence-electron chi connectivity index (χ3n) is 3.89. The van der Waals surface area contributed by atoms with E-state index >= 15 is 0 Å². The number of anilines is 2. The van der Waals surface area contributed by atoms with Crippen molar-refractivity contribution in [3.8, 4) is 11.5 Å². The first-order valence-corrected chi connectivity index (χ1v) is 8.58. The molecule has 8 heteroatoms. The van der Waals surface area contributed by atoms with Crippen LogP contribution in [0.3, 0.4) is 0 Å². The first kappa shape index (κ1) is 18.3. The quantitative estimate of drug-likeness (QED) is 0.491. The fraction of sp³-hybridized carbons (Fsp3) is 0. The topological polar surface area (TPSA) is 76.1 Å². The van der Waals surface area contributed by atoms with E-state index in [0.29, 0.717) is 16.8 Å². The second kappa shape index (κ2) is 7.89. The van der Waals surface area contributed by atoms with Gasteiger partial charge in [0.05, 0.1) is 11.0 Å². The molecule has 0 spiro atoms. The standard InChI is InChI=1S/C21H14F2N4O2/c22-13-2-1-3-15(8-13)26-21(28)27-16-9-14(23)10-18(11-16)29-17-4-5-19-20(12-17)25-7-6-24-19/h1-12H,(H2,26,27,28). The molecule has 144 valence electrons. The molecule has 6 nitrogen and oxygen atoms in total. The van der Waals surface area contributed by atoms with Crippen molar-refractivity contribution < 1.29 is 18.3 Å². The molecule has 0 saturated heterocycles. The molecule has 4 aromatic rings. The summed E-state index contributed by atoms with van der Waals surface area (Å²) in [6.45, 7) is 0. The minimum absolute atomic E-state index is 0.175. The van der Waals surface area contributed by atoms with Crippen molar-refractivity contribution in [2.45, 2.75) is 0 Å². The highest BCUT2D eigenvalue weighted by Crippen LogP contribution is 2.27. The summed E-state index contributed by atoms with van der Waals surface area (Å²) in [7, 11) is 0. The van der Waals surface area contributed by atoms with Gasteiger partial charge in [0, 0.05) is 42.0 Å². The van der Waals surface area contributed by atoms with Crippen LogP contribution in [0.1, 0.15) is 0 Å². The Hall–Kier alpha value is -4.07. The maximum Gasteiger partial charge on any atom is 0.323 e. The molecule has 29 heavy (non-hydrogen) atoms. The molecule has 0 aliphatic heterocycles. The van der Waals surface area contributed by atoms with Gasteiger partial charge in [-0.25, -0.2) is 13.6 Å². The van der Waals surface area contributed by atoms with Crippen LogP contribution in [-0.2, 0) is 0 Å². The Bertz CT molecular complexity index is 1200. The van der Waals surface area contributed by atoms with Gasteiger partial charge in [0.25, 0.3) is 0 Å². The Kier molecular flexibility index (Phi) is 4.98. The lowest BCUT2D eigenvalue weighted by atomic mass is 10.2. The molecular weight excluding hydrogens is 378 g/mol. The van der Waals surface area contributed by atoms with E-state index < -0.39 is 17.7 Å². The first-order chi connectivity index (χ1) is 14.0. The number of carbonyl (C=O) groups excluding carboxylic acids is 1. The molecule has 0 radical (unpaired) electrons. The van der Waals surface area contributed by atoms with Gasteiger partial charge >= 0.3 is 6.03 Å². The lowest BCUT2D eigenvalue weighted by molar-refractivity contribution is 0.262. The number of halogens is 2. The Labute approximate surface area is 164 Å². The summed E-state index contributed by atoms with van der Waals surface area (Å²) in [5.74, 6) is -0.443. The Balaban J connectivity index is 1.50. The van der Waals surface area contributed by atoms with Crippen LogP contribution in [-0.4, -0.2) is 16.0 Å². The second-order valence-electron chi connectivity index (χ2n) is 6.07. The molecule has 0 saturated carbocycles. The number of nitrogens with zero attached hydrogens (tertiary/aromatic N) is 2. The van der Waals surface area contributed by atoms with E-state index in [0.717, 1.165) is 6.07 Å². The van der Waals surface area contributed by atoms with Gasteiger partial charge in [-0.1, -0.05) is 6.07 Å². The zero-order valence-electron chi connectivity index (χ0n) is 14.9. The van der Waals surface area contributed by atoms with Gasteiger partial charge in [0.15, 0.2) is 0 Å². The van der Waals surface area contributed by atoms with Gasteiger partial charge in [-0.05, 0) is 36.4 Å². The molecule has 3 aromatic carbocycles. The van der Waals surface area contributed by atoms with E-state index in [1.807, 2.05) is 0 Å². The average Bonchev–Trinajstić information content (AvgIpc) is 2.67. The lowest BCUT2D eigenvalue weighted by Crippen LogP contribution is -2.19. The molecule has 2 N–H and O–H groups in total. The fourth-order valence-corrected chi connectivity index (χ4v) is 2.70. The number of nitrogens with one attached hydrogen (secondary N) is 2. The van der Waals surface area contributed by atoms with Crippen LogP contribution in [0.15, 0.2) is 73.1 Å². The molecule has 1 heterocycles. The van der Waals surface area contributed by atoms with E-state index in [-0.39, 0.29) is 17.1 Å². The highest BCUT2D eigenvalue weighted by molar-refractivity contribution is 5.99. The Morgan fingerprint density at radius 3 is 2.34 bits per heavy atom. The summed E-state index contributed by atoms with van der Waals surface area (Å²) in [6, 6.07) is 13.7. The number of urea groups is 1. The van der Waals surface area contributed by atoms with E-state index in [1.165, 1.54) is 36.4 Å². The Morgan fingerprint density at radius 2 is 1.52 bits per heavy atom. The number of amides is 2. The van der Waals surface area contributed by atoms with Crippen LogP contribution >= 0.6 is 0 Å². The van der Waals surface area contributed by atoms with Crippen molar-refractivity contribution >= 4 is 28.4 Å². The van der Waals surface area contributed by atoms with E-state index in [4.69, 9.17) is 4.74 Å². The maximum atomic E-state index is 14.0. The van der Waals surface area contributed by atoms with Gasteiger partial charge in [0.2, 0.25) is 0 Å². The molecule has 0 aliphatic carbocycles. The van der Waals surface area contributed by atoms with E-state index in [1.54, 1.807) is 30.6 Å². The number of fused-ring (bicyclic) bond motifs is 1. The summed E-state index contributed by atoms with van der Waals surface area (Å²) in [5, 5.41) is 4.96. The van der Waals surface area contributed by atoms with Crippen molar-refractivity contribution in [1.29, 1.82) is 0 Å². The molecule has 0 bridgehead atoms. The minimum Gasteiger partial charge on any atom is -0.457 e. The highest BCUT2D eigenvalue weighted by Gasteiger charge is 2.08. The smallest absolute Gasteiger partial charge is 0.323 e. The zero-order valence-corrected chi connectivity index (χ0v) is 14.9. The summed E-state index contributed by atoms with van der Waals surface area (Å²) in [6.07, 6.45) is 3.15. The van der Waals surface area contributed by atoms with Crippen LogP contribution < -0.4 is 15.4 Å². The largest absolute Gasteiger partial charge is 0.457 e. The van der Waals surface area contributed by atoms with Crippen molar-refractivity contribution in [2.24, 2.45) is 0 Å². The molecule has 0 atom stereocenters. The summed E-state index contributed by atoms with van der Waals surface area (Å²) in [5.41, 5.74) is 1.78. The summed E-state index contributed by atoms with van der Waals surface area (Å²) >= 11 is 0. The average molecular weight is 392 g/mol. The van der Waals surface area contributed by atoms with Gasteiger partial charge < -0.3 is 15.4 Å². The molecular formula is C21H14F2N4O2. The van der Waals surface area contributed by atoms with Gasteiger partial charge in [-0.2, -0.15) is 0 Å². The maximum absolute atomic E-state index is 14.0. The monoisotopic (exact) mass is 392 g/mol. The SMILES string of the molecule is O=C(Nc1cccc(F)c1)Nc1cc(F)cc(Oc2ccc3nccnc3c2)c1. The predicted octanol–water partition coefficient (Wildman–Crippen LogP) is 5.34. The number of hydrogen-bond donors (Lipinski definition) is 2. The molecule has 1 aromatic heterocycles. The van der Waals surface area contributed by atoms with E-state index in [9.17, 15) is 13.6 Å². The molecule has 2 amide bonds. The van der Waals surface area contributed by atoms with Crippen LogP contribution in [0.2, 0.25) is 0 Å².